The number of nitrogen functional groups attached to an aromatic ring is 1. The number of carbonyl (C=O) groups is 1. The third kappa shape index (κ3) is 4.08. The summed E-state index contributed by atoms with van der Waals surface area (Å²) in [6.45, 7) is 7.99. The van der Waals surface area contributed by atoms with E-state index in [4.69, 9.17) is 10.5 Å². The number of aromatic nitrogens is 2. The van der Waals surface area contributed by atoms with Gasteiger partial charge in [0.15, 0.2) is 6.04 Å². The molecule has 114 valence electrons. The van der Waals surface area contributed by atoms with Gasteiger partial charge in [0.25, 0.3) is 0 Å². The highest BCUT2D eigenvalue weighted by Crippen LogP contribution is 2.22. The predicted molar refractivity (Wildman–Crippen MR) is 83.9 cm³/mol. The van der Waals surface area contributed by atoms with Gasteiger partial charge >= 0.3 is 5.97 Å². The molecule has 2 N–H and O–H groups in total. The van der Waals surface area contributed by atoms with Crippen molar-refractivity contribution in [3.05, 3.63) is 48.0 Å². The van der Waals surface area contributed by atoms with E-state index in [0.29, 0.717) is 12.3 Å². The molecule has 0 fully saturated rings. The van der Waals surface area contributed by atoms with Crippen LogP contribution in [0.1, 0.15) is 38.2 Å². The Hall–Kier alpha value is -2.30. The minimum Gasteiger partial charge on any atom is -0.464 e. The van der Waals surface area contributed by atoms with E-state index in [1.54, 1.807) is 36.0 Å². The number of nitrogens with two attached hydrogens (primary N) is 1. The molecule has 21 heavy (non-hydrogen) atoms. The number of rotatable bonds is 4. The number of nitrogens with zero attached hydrogens (tertiary/aromatic N) is 2. The first-order valence-corrected chi connectivity index (χ1v) is 7.15. The van der Waals surface area contributed by atoms with Crippen LogP contribution in [-0.2, 0) is 9.53 Å². The fourth-order valence-electron chi connectivity index (χ4n) is 1.97. The van der Waals surface area contributed by atoms with Crippen molar-refractivity contribution >= 4 is 11.7 Å². The van der Waals surface area contributed by atoms with Crippen molar-refractivity contribution in [1.29, 1.82) is 0 Å². The molecule has 0 aliphatic rings. The van der Waals surface area contributed by atoms with Crippen molar-refractivity contribution in [2.45, 2.75) is 33.7 Å². The lowest BCUT2D eigenvalue weighted by atomic mass is 10.1. The smallest absolute Gasteiger partial charge is 0.333 e. The molecular weight excluding hydrogens is 266 g/mol. The normalized spacial score (nSPS) is 11.2. The van der Waals surface area contributed by atoms with Crippen molar-refractivity contribution in [2.24, 2.45) is 0 Å². The van der Waals surface area contributed by atoms with E-state index >= 15 is 0 Å². The molecule has 0 saturated carbocycles. The van der Waals surface area contributed by atoms with Gasteiger partial charge in [-0.15, -0.1) is 0 Å². The second kappa shape index (κ2) is 8.09. The van der Waals surface area contributed by atoms with E-state index in [-0.39, 0.29) is 5.97 Å². The summed E-state index contributed by atoms with van der Waals surface area (Å²) in [6.07, 6.45) is 3.44. The Labute approximate surface area is 125 Å². The van der Waals surface area contributed by atoms with Crippen molar-refractivity contribution in [3.63, 3.8) is 0 Å². The highest BCUT2D eigenvalue weighted by Gasteiger charge is 2.24. The van der Waals surface area contributed by atoms with E-state index in [1.807, 2.05) is 32.9 Å². The van der Waals surface area contributed by atoms with Crippen LogP contribution in [0, 0.1) is 6.92 Å². The van der Waals surface area contributed by atoms with Crippen molar-refractivity contribution in [3.8, 4) is 0 Å². The van der Waals surface area contributed by atoms with Gasteiger partial charge in [0.2, 0.25) is 0 Å². The zero-order valence-corrected chi connectivity index (χ0v) is 13.0. The van der Waals surface area contributed by atoms with Gasteiger partial charge in [-0.2, -0.15) is 0 Å². The number of anilines is 1. The van der Waals surface area contributed by atoms with E-state index in [2.05, 4.69) is 4.98 Å². The first kappa shape index (κ1) is 16.8. The van der Waals surface area contributed by atoms with E-state index < -0.39 is 6.04 Å². The van der Waals surface area contributed by atoms with Crippen LogP contribution in [0.25, 0.3) is 0 Å². The Kier molecular flexibility index (Phi) is 6.46. The summed E-state index contributed by atoms with van der Waals surface area (Å²) in [5, 5.41) is 0. The molecule has 0 aliphatic heterocycles. The molecule has 0 saturated heterocycles. The minimum atomic E-state index is -0.525. The summed E-state index contributed by atoms with van der Waals surface area (Å²) < 4.78 is 6.94. The maximum atomic E-state index is 12.2. The standard InChI is InChI=1S/C14H17N3O2.C2H6/c1-3-19-14(18)13(17-9-8-16-10(17)2)11-4-6-12(15)7-5-11;1-2/h4-9,13H,3,15H2,1-2H3;1-2H3. The molecule has 1 aromatic carbocycles. The average molecular weight is 289 g/mol. The van der Waals surface area contributed by atoms with Crippen LogP contribution >= 0.6 is 0 Å². The Balaban J connectivity index is 0.00000106. The second-order valence-corrected chi connectivity index (χ2v) is 4.20. The number of carbonyl (C=O) groups excluding carboxylic acids is 1. The summed E-state index contributed by atoms with van der Waals surface area (Å²) in [7, 11) is 0. The lowest BCUT2D eigenvalue weighted by Gasteiger charge is -2.19. The van der Waals surface area contributed by atoms with Crippen LogP contribution < -0.4 is 5.73 Å². The maximum absolute atomic E-state index is 12.2. The Morgan fingerprint density at radius 1 is 1.33 bits per heavy atom. The molecule has 2 rings (SSSR count). The number of esters is 1. The van der Waals surface area contributed by atoms with Crippen LogP contribution in [0.2, 0.25) is 0 Å². The van der Waals surface area contributed by atoms with E-state index in [0.717, 1.165) is 11.4 Å². The minimum absolute atomic E-state index is 0.298. The summed E-state index contributed by atoms with van der Waals surface area (Å²) >= 11 is 0. The van der Waals surface area contributed by atoms with Gasteiger partial charge in [-0.3, -0.25) is 0 Å². The molecule has 1 heterocycles. The molecule has 1 aromatic heterocycles. The third-order valence-corrected chi connectivity index (χ3v) is 2.90. The van der Waals surface area contributed by atoms with Crippen LogP contribution in [0.15, 0.2) is 36.7 Å². The fourth-order valence-corrected chi connectivity index (χ4v) is 1.97. The highest BCUT2D eigenvalue weighted by atomic mass is 16.5. The zero-order chi connectivity index (χ0) is 15.8. The summed E-state index contributed by atoms with van der Waals surface area (Å²) in [4.78, 5) is 16.3. The molecular formula is C16H23N3O2. The summed E-state index contributed by atoms with van der Waals surface area (Å²) in [5.41, 5.74) is 7.16. The lowest BCUT2D eigenvalue weighted by molar-refractivity contribution is -0.145. The van der Waals surface area contributed by atoms with Gasteiger partial charge in [-0.1, -0.05) is 26.0 Å². The Morgan fingerprint density at radius 3 is 2.43 bits per heavy atom. The maximum Gasteiger partial charge on any atom is 0.333 e. The number of imidazole rings is 1. The molecule has 5 heteroatoms. The van der Waals surface area contributed by atoms with E-state index in [9.17, 15) is 4.79 Å². The fraction of sp³-hybridized carbons (Fsp3) is 0.375. The molecule has 0 radical (unpaired) electrons. The first-order valence-electron chi connectivity index (χ1n) is 7.15. The SMILES string of the molecule is CC.CCOC(=O)C(c1ccc(N)cc1)n1ccnc1C. The quantitative estimate of drug-likeness (QED) is 0.694. The molecule has 1 unspecified atom stereocenters. The Bertz CT molecular complexity index is 561. The number of ether oxygens (including phenoxy) is 1. The van der Waals surface area contributed by atoms with E-state index in [1.165, 1.54) is 0 Å². The molecule has 5 nitrogen and oxygen atoms in total. The monoisotopic (exact) mass is 289 g/mol. The molecule has 0 amide bonds. The number of aryl methyl sites for hydroxylation is 1. The average Bonchev–Trinajstić information content (AvgIpc) is 2.90. The van der Waals surface area contributed by atoms with Gasteiger partial charge in [-0.25, -0.2) is 9.78 Å². The van der Waals surface area contributed by atoms with Crippen LogP contribution in [-0.4, -0.2) is 22.1 Å². The van der Waals surface area contributed by atoms with Crippen LogP contribution in [0.4, 0.5) is 5.69 Å². The van der Waals surface area contributed by atoms with Gasteiger partial charge in [0.1, 0.15) is 5.82 Å². The van der Waals surface area contributed by atoms with Gasteiger partial charge < -0.3 is 15.0 Å². The van der Waals surface area contributed by atoms with Crippen LogP contribution in [0.5, 0.6) is 0 Å². The third-order valence-electron chi connectivity index (χ3n) is 2.90. The van der Waals surface area contributed by atoms with Gasteiger partial charge in [0, 0.05) is 18.1 Å². The summed E-state index contributed by atoms with van der Waals surface area (Å²) in [6, 6.07) is 6.68. The zero-order valence-electron chi connectivity index (χ0n) is 13.0. The van der Waals surface area contributed by atoms with Crippen molar-refractivity contribution in [2.75, 3.05) is 12.3 Å². The topological polar surface area (TPSA) is 70.1 Å². The molecule has 0 bridgehead atoms. The second-order valence-electron chi connectivity index (χ2n) is 4.20. The molecule has 1 atom stereocenters. The molecule has 2 aromatic rings. The number of hydrogen-bond acceptors (Lipinski definition) is 4. The predicted octanol–water partition coefficient (Wildman–Crippen LogP) is 2.95. The number of hydrogen-bond donors (Lipinski definition) is 1. The van der Waals surface area contributed by atoms with Crippen molar-refractivity contribution < 1.29 is 9.53 Å². The van der Waals surface area contributed by atoms with Crippen molar-refractivity contribution in [1.82, 2.24) is 9.55 Å². The molecule has 0 spiro atoms. The lowest BCUT2D eigenvalue weighted by Crippen LogP contribution is -2.23. The first-order chi connectivity index (χ1) is 10.1. The Morgan fingerprint density at radius 2 is 1.95 bits per heavy atom. The van der Waals surface area contributed by atoms with Gasteiger partial charge in [-0.05, 0) is 31.5 Å². The largest absolute Gasteiger partial charge is 0.464 e. The number of benzene rings is 1. The highest BCUT2D eigenvalue weighted by molar-refractivity contribution is 5.78. The van der Waals surface area contributed by atoms with Crippen LogP contribution in [0.3, 0.4) is 0 Å². The van der Waals surface area contributed by atoms with Gasteiger partial charge in [0.05, 0.1) is 6.61 Å². The molecule has 0 aliphatic carbocycles. The summed E-state index contributed by atoms with van der Waals surface area (Å²) in [5.74, 6) is 0.461.